The second kappa shape index (κ2) is 20.8. The largest absolute Gasteiger partial charge is 0.436 e. The van der Waals surface area contributed by atoms with E-state index in [1.54, 1.807) is 0 Å². The van der Waals surface area contributed by atoms with Gasteiger partial charge in [-0.3, -0.25) is 0 Å². The van der Waals surface area contributed by atoms with Crippen LogP contribution in [0.1, 0.15) is 51.4 Å². The maximum Gasteiger partial charge on any atom is 0.348 e. The molecule has 0 heterocycles. The van der Waals surface area contributed by atoms with Gasteiger partial charge >= 0.3 is 25.7 Å². The van der Waals surface area contributed by atoms with Gasteiger partial charge in [-0.25, -0.2) is 0 Å². The molecule has 0 N–H and O–H groups in total. The standard InChI is InChI=1S/C51H90O6Si9/c1-58(2)52-64(13,47-25-19-16-20-26-47)56-62(9,10)50-39-43-37-45(50)35-41(43)31-33-60(5,6)54-66(15,49-29-23-18-24-30-49)55-61(7,8)34-32-42-36-46-38-44(42)40-51(46)63(11,12)57-65(14,53-59(3)4)48-27-21-17-22-28-48/h16-30,41-46,50-51,58-59H,31-40H2,1-15H3. The molecule has 66 heavy (non-hydrogen) atoms. The fourth-order valence-corrected chi connectivity index (χ4v) is 53.7. The Balaban J connectivity index is 0.936. The first-order valence-electron chi connectivity index (χ1n) is 26.1. The first-order chi connectivity index (χ1) is 30.8. The molecule has 0 radical (unpaired) electrons. The average Bonchev–Trinajstić information content (AvgIpc) is 4.04. The van der Waals surface area contributed by atoms with Gasteiger partial charge in [0.05, 0.1) is 0 Å². The van der Waals surface area contributed by atoms with Gasteiger partial charge in [0.2, 0.25) is 0 Å². The molecule has 3 aromatic carbocycles. The summed E-state index contributed by atoms with van der Waals surface area (Å²) in [6, 6.07) is 35.4. The molecule has 10 unspecified atom stereocenters. The monoisotopic (exact) mass is 1050 g/mol. The van der Waals surface area contributed by atoms with Crippen molar-refractivity contribution in [2.75, 3.05) is 0 Å². The van der Waals surface area contributed by atoms with Crippen molar-refractivity contribution in [1.82, 2.24) is 0 Å². The Labute approximate surface area is 413 Å². The molecule has 0 aromatic heterocycles. The molecular formula is C51H90O6Si9. The first-order valence-corrected chi connectivity index (χ1v) is 50.9. The fraction of sp³-hybridized carbons (Fsp3) is 0.647. The zero-order valence-corrected chi connectivity index (χ0v) is 53.3. The number of hydrogen-bond donors (Lipinski definition) is 0. The van der Waals surface area contributed by atoms with Gasteiger partial charge in [0.1, 0.15) is 0 Å². The molecule has 3 aromatic rings. The minimum atomic E-state index is -2.69. The van der Waals surface area contributed by atoms with Crippen molar-refractivity contribution >= 4 is 92.6 Å². The summed E-state index contributed by atoms with van der Waals surface area (Å²) in [5, 5.41) is 3.90. The fourth-order valence-electron chi connectivity index (χ4n) is 14.1. The van der Waals surface area contributed by atoms with E-state index in [2.05, 4.69) is 189 Å². The van der Waals surface area contributed by atoms with Crippen LogP contribution in [0.3, 0.4) is 0 Å². The maximum atomic E-state index is 7.62. The van der Waals surface area contributed by atoms with Gasteiger partial charge in [0.25, 0.3) is 0 Å². The lowest BCUT2D eigenvalue weighted by atomic mass is 9.86. The lowest BCUT2D eigenvalue weighted by molar-refractivity contribution is 0.297. The third-order valence-electron chi connectivity index (χ3n) is 16.7. The molecule has 0 amide bonds. The second-order valence-corrected chi connectivity index (χ2v) is 57.4. The summed E-state index contributed by atoms with van der Waals surface area (Å²) in [5.74, 6) is 4.86. The number of rotatable bonds is 23. The van der Waals surface area contributed by atoms with Gasteiger partial charge in [0, 0.05) is 0 Å². The van der Waals surface area contributed by atoms with Gasteiger partial charge in [-0.1, -0.05) is 104 Å². The highest BCUT2D eigenvalue weighted by molar-refractivity contribution is 6.95. The predicted octanol–water partition coefficient (Wildman–Crippen LogP) is 12.4. The smallest absolute Gasteiger partial charge is 0.348 e. The Kier molecular flexibility index (Phi) is 16.8. The molecule has 10 atom stereocenters. The van der Waals surface area contributed by atoms with Crippen LogP contribution in [0.4, 0.5) is 0 Å². The van der Waals surface area contributed by atoms with Crippen LogP contribution in [0.5, 0.6) is 0 Å². The van der Waals surface area contributed by atoms with E-state index in [1.807, 2.05) is 0 Å². The topological polar surface area (TPSA) is 55.4 Å². The van der Waals surface area contributed by atoms with E-state index >= 15 is 0 Å². The van der Waals surface area contributed by atoms with Gasteiger partial charge in [-0.05, 0) is 211 Å². The second-order valence-electron chi connectivity index (χ2n) is 24.7. The van der Waals surface area contributed by atoms with Crippen LogP contribution in [0.15, 0.2) is 91.0 Å². The summed E-state index contributed by atoms with van der Waals surface area (Å²) in [7, 11) is -18.4. The van der Waals surface area contributed by atoms with E-state index in [9.17, 15) is 0 Å². The quantitative estimate of drug-likeness (QED) is 0.0882. The summed E-state index contributed by atoms with van der Waals surface area (Å²) in [6.45, 7) is 36.3. The highest BCUT2D eigenvalue weighted by Crippen LogP contribution is 2.61. The third kappa shape index (κ3) is 12.7. The van der Waals surface area contributed by atoms with Crippen molar-refractivity contribution in [2.45, 2.75) is 173 Å². The summed E-state index contributed by atoms with van der Waals surface area (Å²) < 4.78 is 43.8. The Morgan fingerprint density at radius 2 is 0.712 bits per heavy atom. The lowest BCUT2D eigenvalue weighted by Crippen LogP contribution is -2.61. The number of hydrogen-bond acceptors (Lipinski definition) is 6. The van der Waals surface area contributed by atoms with Gasteiger partial charge < -0.3 is 24.7 Å². The van der Waals surface area contributed by atoms with Crippen LogP contribution in [0, 0.1) is 35.5 Å². The highest BCUT2D eigenvalue weighted by atomic mass is 28.5. The van der Waals surface area contributed by atoms with Crippen molar-refractivity contribution in [3.05, 3.63) is 91.0 Å². The van der Waals surface area contributed by atoms with E-state index in [0.29, 0.717) is 0 Å². The van der Waals surface area contributed by atoms with Crippen molar-refractivity contribution in [3.63, 3.8) is 0 Å². The Morgan fingerprint density at radius 1 is 0.394 bits per heavy atom. The van der Waals surface area contributed by atoms with E-state index in [1.165, 1.54) is 79.0 Å². The highest BCUT2D eigenvalue weighted by Gasteiger charge is 2.57. The van der Waals surface area contributed by atoms with Crippen LogP contribution in [0.25, 0.3) is 0 Å². The van der Waals surface area contributed by atoms with E-state index in [0.717, 1.165) is 46.6 Å². The van der Waals surface area contributed by atoms with Crippen LogP contribution < -0.4 is 15.6 Å². The zero-order valence-electron chi connectivity index (χ0n) is 44.0. The molecule has 4 fully saturated rings. The molecule has 15 heteroatoms. The van der Waals surface area contributed by atoms with Crippen molar-refractivity contribution in [3.8, 4) is 0 Å². The molecular weight excluding hydrogens is 961 g/mol. The summed E-state index contributed by atoms with van der Waals surface area (Å²) >= 11 is 0. The van der Waals surface area contributed by atoms with Crippen LogP contribution >= 0.6 is 0 Å². The maximum absolute atomic E-state index is 7.62. The Morgan fingerprint density at radius 3 is 1.00 bits per heavy atom. The molecule has 6 nitrogen and oxygen atoms in total. The predicted molar refractivity (Wildman–Crippen MR) is 302 cm³/mol. The van der Waals surface area contributed by atoms with Crippen LogP contribution in [0.2, 0.25) is 121 Å². The first kappa shape index (κ1) is 53.2. The SMILES string of the molecule is C[SiH](C)O[Si](C)(O[Si](C)(C)C1CC2CC1CC2CC[Si](C)(C)O[Si](C)(O[Si](C)(C)CCC1CC2CC1CC2[Si](C)(C)O[Si](C)(O[SiH](C)C)c1ccccc1)c1ccccc1)c1ccccc1. The molecule has 0 saturated heterocycles. The molecule has 7 rings (SSSR count). The molecule has 4 aliphatic carbocycles. The van der Waals surface area contributed by atoms with Crippen molar-refractivity contribution in [2.24, 2.45) is 35.5 Å². The molecule has 0 aliphatic heterocycles. The molecule has 4 bridgehead atoms. The van der Waals surface area contributed by atoms with Gasteiger partial charge in [-0.2, -0.15) is 0 Å². The molecule has 4 saturated carbocycles. The van der Waals surface area contributed by atoms with Gasteiger partial charge in [-0.15, -0.1) is 0 Å². The normalized spacial score (nSPS) is 28.5. The molecule has 0 spiro atoms. The van der Waals surface area contributed by atoms with Crippen molar-refractivity contribution < 1.29 is 24.7 Å². The average molecular weight is 1050 g/mol. The van der Waals surface area contributed by atoms with E-state index < -0.39 is 77.0 Å². The van der Waals surface area contributed by atoms with Crippen LogP contribution in [-0.2, 0) is 24.7 Å². The Hall–Kier alpha value is -0.628. The van der Waals surface area contributed by atoms with Crippen molar-refractivity contribution in [1.29, 1.82) is 0 Å². The summed E-state index contributed by atoms with van der Waals surface area (Å²) in [4.78, 5) is 0. The molecule has 4 aliphatic rings. The van der Waals surface area contributed by atoms with E-state index in [-0.39, 0.29) is 0 Å². The summed E-state index contributed by atoms with van der Waals surface area (Å²) in [6.07, 6.45) is 10.8. The lowest BCUT2D eigenvalue weighted by Gasteiger charge is -2.44. The minimum Gasteiger partial charge on any atom is -0.436 e. The third-order valence-corrected chi connectivity index (χ3v) is 51.0. The van der Waals surface area contributed by atoms with Gasteiger partial charge in [0.15, 0.2) is 51.4 Å². The Bertz CT molecular complexity index is 1910. The minimum absolute atomic E-state index is 0.722. The van der Waals surface area contributed by atoms with E-state index in [4.69, 9.17) is 24.7 Å². The number of fused-ring (bicyclic) bond motifs is 4. The molecule has 366 valence electrons. The zero-order chi connectivity index (χ0) is 47.9. The number of benzene rings is 3. The van der Waals surface area contributed by atoms with Crippen LogP contribution in [-0.4, -0.2) is 77.0 Å². The summed E-state index contributed by atoms with van der Waals surface area (Å²) in [5.41, 5.74) is 1.44.